The van der Waals surface area contributed by atoms with Crippen LogP contribution in [0, 0.1) is 5.92 Å². The molecule has 1 aromatic carbocycles. The number of methoxy groups -OCH3 is 1. The zero-order chi connectivity index (χ0) is 12.1. The van der Waals surface area contributed by atoms with E-state index in [9.17, 15) is 0 Å². The molecule has 0 heterocycles. The Morgan fingerprint density at radius 1 is 1.41 bits per heavy atom. The third-order valence-corrected chi connectivity index (χ3v) is 2.82. The van der Waals surface area contributed by atoms with Crippen LogP contribution >= 0.6 is 0 Å². The smallest absolute Gasteiger partial charge is 0.168 e. The second kappa shape index (κ2) is 5.73. The van der Waals surface area contributed by atoms with E-state index >= 15 is 0 Å². The normalized spacial score (nSPS) is 15.2. The van der Waals surface area contributed by atoms with Crippen molar-refractivity contribution >= 4 is 6.08 Å². The van der Waals surface area contributed by atoms with Crippen molar-refractivity contribution in [2.24, 2.45) is 11.7 Å². The van der Waals surface area contributed by atoms with Gasteiger partial charge in [-0.05, 0) is 24.8 Å². The molecule has 0 amide bonds. The largest absolute Gasteiger partial charge is 0.493 e. The maximum Gasteiger partial charge on any atom is 0.168 e. The Labute approximate surface area is 102 Å². The fourth-order valence-electron chi connectivity index (χ4n) is 1.66. The zero-order valence-electron chi connectivity index (χ0n) is 10.2. The first-order valence-corrected chi connectivity index (χ1v) is 6.01. The van der Waals surface area contributed by atoms with Crippen molar-refractivity contribution in [1.82, 2.24) is 0 Å². The third kappa shape index (κ3) is 3.24. The van der Waals surface area contributed by atoms with E-state index in [1.54, 1.807) is 7.11 Å². The highest BCUT2D eigenvalue weighted by molar-refractivity contribution is 5.62. The maximum absolute atomic E-state index is 5.86. The van der Waals surface area contributed by atoms with E-state index in [-0.39, 0.29) is 0 Å². The Morgan fingerprint density at radius 2 is 2.24 bits per heavy atom. The molecule has 1 fully saturated rings. The van der Waals surface area contributed by atoms with E-state index in [0.717, 1.165) is 29.6 Å². The minimum Gasteiger partial charge on any atom is -0.493 e. The van der Waals surface area contributed by atoms with Crippen LogP contribution in [0.1, 0.15) is 18.4 Å². The lowest BCUT2D eigenvalue weighted by Gasteiger charge is -2.13. The molecule has 1 aliphatic rings. The van der Waals surface area contributed by atoms with Gasteiger partial charge in [0.05, 0.1) is 13.7 Å². The minimum absolute atomic E-state index is 0.527. The molecule has 3 heteroatoms. The molecule has 0 aromatic heterocycles. The predicted octanol–water partition coefficient (Wildman–Crippen LogP) is 2.46. The molecule has 0 bridgehead atoms. The molecule has 1 aromatic rings. The Bertz CT molecular complexity index is 397. The van der Waals surface area contributed by atoms with Crippen LogP contribution in [0.25, 0.3) is 6.08 Å². The molecule has 0 radical (unpaired) electrons. The highest BCUT2D eigenvalue weighted by atomic mass is 16.5. The van der Waals surface area contributed by atoms with Crippen molar-refractivity contribution in [3.63, 3.8) is 0 Å². The van der Waals surface area contributed by atoms with Crippen molar-refractivity contribution in [2.45, 2.75) is 12.8 Å². The molecule has 0 aliphatic heterocycles. The van der Waals surface area contributed by atoms with Crippen LogP contribution in [-0.4, -0.2) is 20.3 Å². The molecule has 1 saturated carbocycles. The summed E-state index contributed by atoms with van der Waals surface area (Å²) in [5.41, 5.74) is 6.49. The van der Waals surface area contributed by atoms with Gasteiger partial charge in [-0.1, -0.05) is 24.3 Å². The summed E-state index contributed by atoms with van der Waals surface area (Å²) in [7, 11) is 1.66. The number of benzene rings is 1. The minimum atomic E-state index is 0.527. The van der Waals surface area contributed by atoms with Gasteiger partial charge >= 0.3 is 0 Å². The quantitative estimate of drug-likeness (QED) is 0.820. The molecule has 0 saturated heterocycles. The van der Waals surface area contributed by atoms with Crippen molar-refractivity contribution in [1.29, 1.82) is 0 Å². The summed E-state index contributed by atoms with van der Waals surface area (Å²) in [5, 5.41) is 0. The summed E-state index contributed by atoms with van der Waals surface area (Å²) < 4.78 is 11.2. The molecule has 2 rings (SSSR count). The fraction of sp³-hybridized carbons (Fsp3) is 0.429. The van der Waals surface area contributed by atoms with Gasteiger partial charge in [-0.25, -0.2) is 0 Å². The van der Waals surface area contributed by atoms with Gasteiger partial charge in [0.2, 0.25) is 0 Å². The first kappa shape index (κ1) is 12.0. The lowest BCUT2D eigenvalue weighted by Crippen LogP contribution is -2.02. The van der Waals surface area contributed by atoms with Crippen molar-refractivity contribution in [2.75, 3.05) is 20.3 Å². The van der Waals surface area contributed by atoms with Crippen molar-refractivity contribution in [3.8, 4) is 11.5 Å². The molecule has 1 aliphatic carbocycles. The van der Waals surface area contributed by atoms with E-state index in [0.29, 0.717) is 6.54 Å². The number of hydrogen-bond donors (Lipinski definition) is 1. The number of hydrogen-bond acceptors (Lipinski definition) is 3. The molecule has 3 nitrogen and oxygen atoms in total. The maximum atomic E-state index is 5.86. The van der Waals surface area contributed by atoms with E-state index in [1.807, 2.05) is 30.4 Å². The van der Waals surface area contributed by atoms with Gasteiger partial charge in [0.25, 0.3) is 0 Å². The van der Waals surface area contributed by atoms with Gasteiger partial charge in [0.1, 0.15) is 0 Å². The Morgan fingerprint density at radius 3 is 2.88 bits per heavy atom. The van der Waals surface area contributed by atoms with E-state index in [1.165, 1.54) is 12.8 Å². The molecule has 2 N–H and O–H groups in total. The second-order valence-electron chi connectivity index (χ2n) is 4.27. The Balaban J connectivity index is 2.18. The van der Waals surface area contributed by atoms with Crippen molar-refractivity contribution < 1.29 is 9.47 Å². The van der Waals surface area contributed by atoms with Gasteiger partial charge in [-0.15, -0.1) is 0 Å². The Kier molecular flexibility index (Phi) is 4.04. The summed E-state index contributed by atoms with van der Waals surface area (Å²) in [4.78, 5) is 0. The summed E-state index contributed by atoms with van der Waals surface area (Å²) in [6.45, 7) is 1.31. The zero-order valence-corrected chi connectivity index (χ0v) is 10.2. The summed E-state index contributed by atoms with van der Waals surface area (Å²) >= 11 is 0. The third-order valence-electron chi connectivity index (χ3n) is 2.82. The average Bonchev–Trinajstić information content (AvgIpc) is 3.18. The number of para-hydroxylation sites is 1. The Hall–Kier alpha value is -1.48. The predicted molar refractivity (Wildman–Crippen MR) is 69.3 cm³/mol. The van der Waals surface area contributed by atoms with Crippen LogP contribution in [0.15, 0.2) is 24.3 Å². The molecular weight excluding hydrogens is 214 g/mol. The SMILES string of the molecule is COc1cccc(/C=C/CN)c1OCC1CC1. The molecular formula is C14H19NO2. The van der Waals surface area contributed by atoms with Crippen LogP contribution in [0.4, 0.5) is 0 Å². The average molecular weight is 233 g/mol. The van der Waals surface area contributed by atoms with Crippen LogP contribution in [0.3, 0.4) is 0 Å². The fourth-order valence-corrected chi connectivity index (χ4v) is 1.66. The molecule has 17 heavy (non-hydrogen) atoms. The number of nitrogens with two attached hydrogens (primary N) is 1. The van der Waals surface area contributed by atoms with Crippen LogP contribution in [-0.2, 0) is 0 Å². The van der Waals surface area contributed by atoms with E-state index in [2.05, 4.69) is 0 Å². The van der Waals surface area contributed by atoms with E-state index < -0.39 is 0 Å². The standard InChI is InChI=1S/C14H19NO2/c1-16-13-6-2-4-12(5-3-9-15)14(13)17-10-11-7-8-11/h2-6,11H,7-10,15H2,1H3/b5-3+. The van der Waals surface area contributed by atoms with Crippen LogP contribution in [0.5, 0.6) is 11.5 Å². The lowest BCUT2D eigenvalue weighted by molar-refractivity contribution is 0.280. The van der Waals surface area contributed by atoms with Gasteiger partial charge in [-0.3, -0.25) is 0 Å². The van der Waals surface area contributed by atoms with Gasteiger partial charge in [0.15, 0.2) is 11.5 Å². The second-order valence-corrected chi connectivity index (χ2v) is 4.27. The summed E-state index contributed by atoms with van der Waals surface area (Å²) in [6.07, 6.45) is 6.45. The summed E-state index contributed by atoms with van der Waals surface area (Å²) in [5.74, 6) is 2.34. The first-order valence-electron chi connectivity index (χ1n) is 6.01. The summed E-state index contributed by atoms with van der Waals surface area (Å²) in [6, 6.07) is 5.89. The number of rotatable bonds is 6. The monoisotopic (exact) mass is 233 g/mol. The highest BCUT2D eigenvalue weighted by Gasteiger charge is 2.23. The van der Waals surface area contributed by atoms with Crippen molar-refractivity contribution in [3.05, 3.63) is 29.8 Å². The molecule has 92 valence electrons. The van der Waals surface area contributed by atoms with Gasteiger partial charge in [-0.2, -0.15) is 0 Å². The topological polar surface area (TPSA) is 44.5 Å². The van der Waals surface area contributed by atoms with Crippen LogP contribution in [0.2, 0.25) is 0 Å². The van der Waals surface area contributed by atoms with Gasteiger partial charge < -0.3 is 15.2 Å². The lowest BCUT2D eigenvalue weighted by atomic mass is 10.1. The van der Waals surface area contributed by atoms with Crippen LogP contribution < -0.4 is 15.2 Å². The van der Waals surface area contributed by atoms with E-state index in [4.69, 9.17) is 15.2 Å². The van der Waals surface area contributed by atoms with Gasteiger partial charge in [0, 0.05) is 12.1 Å². The molecule has 0 spiro atoms. The molecule has 0 atom stereocenters. The number of ether oxygens (including phenoxy) is 2. The molecule has 0 unspecified atom stereocenters. The first-order chi connectivity index (χ1) is 8.35. The highest BCUT2D eigenvalue weighted by Crippen LogP contribution is 2.35.